The van der Waals surface area contributed by atoms with Crippen LogP contribution in [0.15, 0.2) is 16.9 Å². The minimum absolute atomic E-state index is 0.0467. The third-order valence-corrected chi connectivity index (χ3v) is 3.46. The van der Waals surface area contributed by atoms with Gasteiger partial charge in [-0.3, -0.25) is 9.69 Å². The van der Waals surface area contributed by atoms with E-state index in [2.05, 4.69) is 23.9 Å². The molecule has 2 heterocycles. The Morgan fingerprint density at radius 3 is 2.95 bits per heavy atom. The summed E-state index contributed by atoms with van der Waals surface area (Å²) in [5.41, 5.74) is 0.641. The Morgan fingerprint density at radius 2 is 2.32 bits per heavy atom. The predicted molar refractivity (Wildman–Crippen MR) is 80.2 cm³/mol. The standard InChI is InChI=1S/C15H25N3O4/c1-15(2)11-18(7-12-5-6-21-16-12)8-13(22-15)9-20-10-14(19)17(3)4/h5-6,13H,7-11H2,1-4H3. The molecule has 7 nitrogen and oxygen atoms in total. The summed E-state index contributed by atoms with van der Waals surface area (Å²) in [6, 6.07) is 1.86. The molecular formula is C15H25N3O4. The van der Waals surface area contributed by atoms with Crippen LogP contribution in [0.25, 0.3) is 0 Å². The minimum Gasteiger partial charge on any atom is -0.369 e. The van der Waals surface area contributed by atoms with Crippen LogP contribution < -0.4 is 0 Å². The van der Waals surface area contributed by atoms with Gasteiger partial charge >= 0.3 is 0 Å². The van der Waals surface area contributed by atoms with Crippen molar-refractivity contribution in [1.29, 1.82) is 0 Å². The number of aromatic nitrogens is 1. The normalized spacial score (nSPS) is 21.7. The van der Waals surface area contributed by atoms with Crippen LogP contribution in [0.3, 0.4) is 0 Å². The molecule has 0 aromatic carbocycles. The Labute approximate surface area is 131 Å². The van der Waals surface area contributed by atoms with Gasteiger partial charge in [0.25, 0.3) is 0 Å². The molecule has 1 amide bonds. The molecule has 1 aromatic heterocycles. The van der Waals surface area contributed by atoms with Gasteiger partial charge in [0, 0.05) is 39.8 Å². The first kappa shape index (κ1) is 16.9. The summed E-state index contributed by atoms with van der Waals surface area (Å²) in [7, 11) is 3.43. The Balaban J connectivity index is 1.84. The van der Waals surface area contributed by atoms with Gasteiger partial charge in [0.1, 0.15) is 12.9 Å². The first-order valence-electron chi connectivity index (χ1n) is 7.43. The van der Waals surface area contributed by atoms with E-state index >= 15 is 0 Å². The molecule has 7 heteroatoms. The molecule has 1 unspecified atom stereocenters. The summed E-state index contributed by atoms with van der Waals surface area (Å²) in [6.45, 7) is 6.87. The quantitative estimate of drug-likeness (QED) is 0.772. The molecule has 0 saturated carbocycles. The lowest BCUT2D eigenvalue weighted by Gasteiger charge is -2.42. The summed E-state index contributed by atoms with van der Waals surface area (Å²) < 4.78 is 16.4. The van der Waals surface area contributed by atoms with Crippen LogP contribution in [0, 0.1) is 0 Å². The smallest absolute Gasteiger partial charge is 0.248 e. The van der Waals surface area contributed by atoms with Crippen LogP contribution in [0.2, 0.25) is 0 Å². The molecule has 1 aliphatic rings. The number of hydrogen-bond donors (Lipinski definition) is 0. The third kappa shape index (κ3) is 5.08. The third-order valence-electron chi connectivity index (χ3n) is 3.46. The van der Waals surface area contributed by atoms with E-state index in [9.17, 15) is 4.79 Å². The lowest BCUT2D eigenvalue weighted by atomic mass is 10.1. The van der Waals surface area contributed by atoms with Crippen LogP contribution >= 0.6 is 0 Å². The highest BCUT2D eigenvalue weighted by atomic mass is 16.6. The van der Waals surface area contributed by atoms with Crippen molar-refractivity contribution in [2.24, 2.45) is 0 Å². The molecule has 0 radical (unpaired) electrons. The number of hydrogen-bond acceptors (Lipinski definition) is 6. The SMILES string of the molecule is CN(C)C(=O)COCC1CN(Cc2ccon2)CC(C)(C)O1. The number of nitrogens with zero attached hydrogens (tertiary/aromatic N) is 3. The van der Waals surface area contributed by atoms with Crippen LogP contribution in [-0.2, 0) is 20.8 Å². The van der Waals surface area contributed by atoms with Crippen molar-refractivity contribution >= 4 is 5.91 Å². The van der Waals surface area contributed by atoms with Crippen LogP contribution in [0.1, 0.15) is 19.5 Å². The van der Waals surface area contributed by atoms with Crippen LogP contribution in [-0.4, -0.2) is 73.0 Å². The van der Waals surface area contributed by atoms with Gasteiger partial charge in [0.05, 0.1) is 24.0 Å². The van der Waals surface area contributed by atoms with E-state index in [0.717, 1.165) is 25.3 Å². The molecule has 2 rings (SSSR count). The zero-order valence-corrected chi connectivity index (χ0v) is 13.7. The second-order valence-electron chi connectivity index (χ2n) is 6.46. The molecule has 1 aromatic rings. The van der Waals surface area contributed by atoms with Crippen molar-refractivity contribution in [3.63, 3.8) is 0 Å². The number of morpholine rings is 1. The minimum atomic E-state index is -0.262. The van der Waals surface area contributed by atoms with Crippen molar-refractivity contribution in [1.82, 2.24) is 15.0 Å². The van der Waals surface area contributed by atoms with Crippen molar-refractivity contribution in [3.8, 4) is 0 Å². The zero-order valence-electron chi connectivity index (χ0n) is 13.7. The summed E-state index contributed by atoms with van der Waals surface area (Å²) in [6.07, 6.45) is 1.51. The van der Waals surface area contributed by atoms with Crippen molar-refractivity contribution in [2.75, 3.05) is 40.4 Å². The van der Waals surface area contributed by atoms with Gasteiger partial charge in [-0.05, 0) is 13.8 Å². The van der Waals surface area contributed by atoms with E-state index in [1.165, 1.54) is 4.90 Å². The average molecular weight is 311 g/mol. The maximum absolute atomic E-state index is 11.5. The van der Waals surface area contributed by atoms with Gasteiger partial charge in [0.2, 0.25) is 5.91 Å². The monoisotopic (exact) mass is 311 g/mol. The van der Waals surface area contributed by atoms with E-state index in [0.29, 0.717) is 6.61 Å². The van der Waals surface area contributed by atoms with E-state index < -0.39 is 0 Å². The predicted octanol–water partition coefficient (Wildman–Crippen LogP) is 0.759. The topological polar surface area (TPSA) is 68.0 Å². The number of carbonyl (C=O) groups is 1. The van der Waals surface area contributed by atoms with E-state index in [1.54, 1.807) is 20.4 Å². The van der Waals surface area contributed by atoms with Gasteiger partial charge in [-0.15, -0.1) is 0 Å². The molecule has 0 N–H and O–H groups in total. The Morgan fingerprint density at radius 1 is 1.55 bits per heavy atom. The highest BCUT2D eigenvalue weighted by Gasteiger charge is 2.33. The first-order chi connectivity index (χ1) is 10.4. The summed E-state index contributed by atoms with van der Waals surface area (Å²) in [5, 5.41) is 3.95. The molecule has 0 bridgehead atoms. The number of amides is 1. The Hall–Kier alpha value is -1.44. The van der Waals surface area contributed by atoms with Crippen molar-refractivity contribution < 1.29 is 18.8 Å². The largest absolute Gasteiger partial charge is 0.369 e. The fourth-order valence-electron chi connectivity index (χ4n) is 2.58. The molecule has 0 aliphatic carbocycles. The fraction of sp³-hybridized carbons (Fsp3) is 0.733. The van der Waals surface area contributed by atoms with Gasteiger partial charge in [0.15, 0.2) is 0 Å². The summed E-state index contributed by atoms with van der Waals surface area (Å²) >= 11 is 0. The maximum atomic E-state index is 11.5. The van der Waals surface area contributed by atoms with E-state index in [4.69, 9.17) is 14.0 Å². The van der Waals surface area contributed by atoms with Crippen LogP contribution in [0.5, 0.6) is 0 Å². The molecule has 1 saturated heterocycles. The molecule has 1 atom stereocenters. The fourth-order valence-corrected chi connectivity index (χ4v) is 2.58. The van der Waals surface area contributed by atoms with Gasteiger partial charge in [-0.1, -0.05) is 5.16 Å². The first-order valence-corrected chi connectivity index (χ1v) is 7.43. The Bertz CT molecular complexity index is 473. The van der Waals surface area contributed by atoms with E-state index in [1.807, 2.05) is 6.07 Å². The second kappa shape index (κ2) is 7.21. The molecule has 1 aliphatic heterocycles. The lowest BCUT2D eigenvalue weighted by molar-refractivity contribution is -0.161. The number of likely N-dealkylation sites (N-methyl/N-ethyl adjacent to an activating group) is 1. The average Bonchev–Trinajstić information content (AvgIpc) is 2.89. The maximum Gasteiger partial charge on any atom is 0.248 e. The molecular weight excluding hydrogens is 286 g/mol. The second-order valence-corrected chi connectivity index (χ2v) is 6.46. The number of rotatable bonds is 6. The van der Waals surface area contributed by atoms with Gasteiger partial charge in [-0.2, -0.15) is 0 Å². The summed E-state index contributed by atoms with van der Waals surface area (Å²) in [4.78, 5) is 15.3. The van der Waals surface area contributed by atoms with Gasteiger partial charge in [-0.25, -0.2) is 0 Å². The van der Waals surface area contributed by atoms with E-state index in [-0.39, 0.29) is 24.2 Å². The van der Waals surface area contributed by atoms with Crippen molar-refractivity contribution in [3.05, 3.63) is 18.0 Å². The lowest BCUT2D eigenvalue weighted by Crippen LogP contribution is -2.53. The Kier molecular flexibility index (Phi) is 5.55. The zero-order chi connectivity index (χ0) is 16.2. The molecule has 0 spiro atoms. The molecule has 124 valence electrons. The summed E-state index contributed by atoms with van der Waals surface area (Å²) in [5.74, 6) is -0.0467. The highest BCUT2D eigenvalue weighted by Crippen LogP contribution is 2.22. The van der Waals surface area contributed by atoms with Crippen LogP contribution in [0.4, 0.5) is 0 Å². The number of ether oxygens (including phenoxy) is 2. The molecule has 1 fully saturated rings. The highest BCUT2D eigenvalue weighted by molar-refractivity contribution is 5.76. The van der Waals surface area contributed by atoms with Gasteiger partial charge < -0.3 is 18.9 Å². The molecule has 22 heavy (non-hydrogen) atoms. The number of carbonyl (C=O) groups excluding carboxylic acids is 1. The van der Waals surface area contributed by atoms with Crippen molar-refractivity contribution in [2.45, 2.75) is 32.1 Å².